The fraction of sp³-hybridized carbons (Fsp3) is 0.650. The van der Waals surface area contributed by atoms with Gasteiger partial charge in [0.2, 0.25) is 10.0 Å². The van der Waals surface area contributed by atoms with Crippen molar-refractivity contribution in [1.29, 1.82) is 0 Å². The summed E-state index contributed by atoms with van der Waals surface area (Å²) in [4.78, 5) is 12.9. The molecule has 1 atom stereocenters. The molecular weight excluding hydrogens is 380 g/mol. The molecule has 1 N–H and O–H groups in total. The first kappa shape index (κ1) is 22.6. The second-order valence-electron chi connectivity index (χ2n) is 7.58. The van der Waals surface area contributed by atoms with Crippen LogP contribution in [0.1, 0.15) is 50.4 Å². The van der Waals surface area contributed by atoms with Crippen LogP contribution in [0.5, 0.6) is 5.75 Å². The van der Waals surface area contributed by atoms with E-state index in [0.29, 0.717) is 38.0 Å². The number of nitrogens with one attached hydrogen (secondary N) is 1. The molecule has 1 aromatic carbocycles. The minimum atomic E-state index is -3.68. The van der Waals surface area contributed by atoms with Crippen LogP contribution < -0.4 is 10.1 Å². The van der Waals surface area contributed by atoms with E-state index in [-0.39, 0.29) is 22.4 Å². The van der Waals surface area contributed by atoms with Crippen molar-refractivity contribution in [3.05, 3.63) is 23.8 Å². The predicted molar refractivity (Wildman–Crippen MR) is 108 cm³/mol. The summed E-state index contributed by atoms with van der Waals surface area (Å²) in [7, 11) is -2.21. The van der Waals surface area contributed by atoms with Crippen LogP contribution in [-0.4, -0.2) is 58.1 Å². The molecule has 8 heteroatoms. The summed E-state index contributed by atoms with van der Waals surface area (Å²) >= 11 is 0. The minimum absolute atomic E-state index is 0.00420. The SMILES string of the molecule is COc1ccc(S(=O)(=O)N2CCOCC2)cc1C(=O)NC(C)CCCC(C)C. The highest BCUT2D eigenvalue weighted by Crippen LogP contribution is 2.25. The van der Waals surface area contributed by atoms with E-state index < -0.39 is 10.0 Å². The molecule has 1 fully saturated rings. The van der Waals surface area contributed by atoms with E-state index in [4.69, 9.17) is 9.47 Å². The summed E-state index contributed by atoms with van der Waals surface area (Å²) in [6, 6.07) is 4.41. The molecule has 1 aliphatic rings. The van der Waals surface area contributed by atoms with E-state index >= 15 is 0 Å². The fourth-order valence-electron chi connectivity index (χ4n) is 3.17. The van der Waals surface area contributed by atoms with Crippen molar-refractivity contribution in [3.8, 4) is 5.75 Å². The van der Waals surface area contributed by atoms with Crippen molar-refractivity contribution in [2.75, 3.05) is 33.4 Å². The molecule has 7 nitrogen and oxygen atoms in total. The quantitative estimate of drug-likeness (QED) is 0.674. The molecule has 158 valence electrons. The molecule has 1 saturated heterocycles. The summed E-state index contributed by atoms with van der Waals surface area (Å²) in [5, 5.41) is 2.96. The Bertz CT molecular complexity index is 758. The van der Waals surface area contributed by atoms with Crippen molar-refractivity contribution in [2.45, 2.75) is 51.0 Å². The molecule has 28 heavy (non-hydrogen) atoms. The maximum atomic E-state index is 12.9. The Labute approximate surface area is 168 Å². The lowest BCUT2D eigenvalue weighted by Crippen LogP contribution is -2.40. The maximum Gasteiger partial charge on any atom is 0.255 e. The molecule has 1 amide bonds. The van der Waals surface area contributed by atoms with Gasteiger partial charge >= 0.3 is 0 Å². The van der Waals surface area contributed by atoms with E-state index in [9.17, 15) is 13.2 Å². The lowest BCUT2D eigenvalue weighted by molar-refractivity contribution is 0.0730. The Kier molecular flexibility index (Phi) is 8.27. The van der Waals surface area contributed by atoms with Gasteiger partial charge in [-0.3, -0.25) is 4.79 Å². The number of nitrogens with zero attached hydrogens (tertiary/aromatic N) is 1. The Balaban J connectivity index is 2.16. The molecular formula is C20H32N2O5S. The number of rotatable bonds is 9. The standard InChI is InChI=1S/C20H32N2O5S/c1-15(2)6-5-7-16(3)21-20(23)18-14-17(8-9-19(18)26-4)28(24,25)22-10-12-27-13-11-22/h8-9,14-16H,5-7,10-13H2,1-4H3,(H,21,23). The Morgan fingerprint density at radius 3 is 2.50 bits per heavy atom. The van der Waals surface area contributed by atoms with Gasteiger partial charge in [0.15, 0.2) is 0 Å². The van der Waals surface area contributed by atoms with Gasteiger partial charge in [0.05, 0.1) is 30.8 Å². The van der Waals surface area contributed by atoms with Gasteiger partial charge < -0.3 is 14.8 Å². The van der Waals surface area contributed by atoms with Crippen LogP contribution in [0, 0.1) is 5.92 Å². The molecule has 0 spiro atoms. The van der Waals surface area contributed by atoms with Gasteiger partial charge in [0.25, 0.3) is 5.91 Å². The van der Waals surface area contributed by atoms with Crippen molar-refractivity contribution in [3.63, 3.8) is 0 Å². The van der Waals surface area contributed by atoms with Crippen LogP contribution >= 0.6 is 0 Å². The van der Waals surface area contributed by atoms with Gasteiger partial charge in [-0.25, -0.2) is 8.42 Å². The number of hydrogen-bond donors (Lipinski definition) is 1. The molecule has 1 aliphatic heterocycles. The zero-order valence-corrected chi connectivity index (χ0v) is 18.0. The van der Waals surface area contributed by atoms with Gasteiger partial charge in [0.1, 0.15) is 5.75 Å². The van der Waals surface area contributed by atoms with Gasteiger partial charge in [-0.1, -0.05) is 26.7 Å². The largest absolute Gasteiger partial charge is 0.496 e. The van der Waals surface area contributed by atoms with Gasteiger partial charge in [0, 0.05) is 19.1 Å². The van der Waals surface area contributed by atoms with Crippen molar-refractivity contribution in [2.24, 2.45) is 5.92 Å². The molecule has 0 aromatic heterocycles. The van der Waals surface area contributed by atoms with E-state index in [1.807, 2.05) is 6.92 Å². The minimum Gasteiger partial charge on any atom is -0.496 e. The maximum absolute atomic E-state index is 12.9. The highest BCUT2D eigenvalue weighted by molar-refractivity contribution is 7.89. The van der Waals surface area contributed by atoms with Crippen molar-refractivity contribution < 1.29 is 22.7 Å². The van der Waals surface area contributed by atoms with Crippen molar-refractivity contribution in [1.82, 2.24) is 9.62 Å². The zero-order valence-electron chi connectivity index (χ0n) is 17.2. The lowest BCUT2D eigenvalue weighted by atomic mass is 10.0. The summed E-state index contributed by atoms with van der Waals surface area (Å²) in [6.07, 6.45) is 3.01. The average Bonchev–Trinajstić information content (AvgIpc) is 2.67. The number of benzene rings is 1. The van der Waals surface area contributed by atoms with Gasteiger partial charge in [-0.05, 0) is 37.5 Å². The van der Waals surface area contributed by atoms with Crippen LogP contribution in [0.2, 0.25) is 0 Å². The second-order valence-corrected chi connectivity index (χ2v) is 9.52. The van der Waals surface area contributed by atoms with E-state index in [1.165, 1.54) is 29.6 Å². The van der Waals surface area contributed by atoms with Crippen LogP contribution in [-0.2, 0) is 14.8 Å². The van der Waals surface area contributed by atoms with Gasteiger partial charge in [-0.2, -0.15) is 4.31 Å². The fourth-order valence-corrected chi connectivity index (χ4v) is 4.60. The molecule has 0 saturated carbocycles. The highest BCUT2D eigenvalue weighted by atomic mass is 32.2. The Morgan fingerprint density at radius 1 is 1.21 bits per heavy atom. The third-order valence-corrected chi connectivity index (χ3v) is 6.71. The number of carbonyl (C=O) groups is 1. The van der Waals surface area contributed by atoms with E-state index in [0.717, 1.165) is 19.3 Å². The molecule has 0 bridgehead atoms. The second kappa shape index (κ2) is 10.2. The molecule has 1 heterocycles. The number of sulfonamides is 1. The van der Waals surface area contributed by atoms with Crippen LogP contribution in [0.3, 0.4) is 0 Å². The molecule has 1 aromatic rings. The summed E-state index contributed by atoms with van der Waals surface area (Å²) in [6.45, 7) is 7.67. The molecule has 0 aliphatic carbocycles. The van der Waals surface area contributed by atoms with Gasteiger partial charge in [-0.15, -0.1) is 0 Å². The average molecular weight is 413 g/mol. The topological polar surface area (TPSA) is 84.9 Å². The first-order valence-corrected chi connectivity index (χ1v) is 11.3. The third kappa shape index (κ3) is 5.93. The number of carbonyl (C=O) groups excluding carboxylic acids is 1. The number of hydrogen-bond acceptors (Lipinski definition) is 5. The summed E-state index contributed by atoms with van der Waals surface area (Å²) in [5.74, 6) is 0.658. The highest BCUT2D eigenvalue weighted by Gasteiger charge is 2.28. The normalized spacial score (nSPS) is 16.8. The van der Waals surface area contributed by atoms with Crippen LogP contribution in [0.25, 0.3) is 0 Å². The monoisotopic (exact) mass is 412 g/mol. The molecule has 2 rings (SSSR count). The number of methoxy groups -OCH3 is 1. The number of amides is 1. The molecule has 0 radical (unpaired) electrons. The number of ether oxygens (including phenoxy) is 2. The van der Waals surface area contributed by atoms with E-state index in [2.05, 4.69) is 19.2 Å². The van der Waals surface area contributed by atoms with E-state index in [1.54, 1.807) is 0 Å². The van der Waals surface area contributed by atoms with Crippen molar-refractivity contribution >= 4 is 15.9 Å². The predicted octanol–water partition coefficient (Wildman–Crippen LogP) is 2.66. The van der Waals surface area contributed by atoms with Crippen LogP contribution in [0.4, 0.5) is 0 Å². The number of morpholine rings is 1. The first-order valence-electron chi connectivity index (χ1n) is 9.82. The molecule has 1 unspecified atom stereocenters. The Morgan fingerprint density at radius 2 is 1.89 bits per heavy atom. The van der Waals surface area contributed by atoms with Crippen LogP contribution in [0.15, 0.2) is 23.1 Å². The zero-order chi connectivity index (χ0) is 20.7. The summed E-state index contributed by atoms with van der Waals surface area (Å²) < 4.78 is 37.7. The third-order valence-electron chi connectivity index (χ3n) is 4.82. The Hall–Kier alpha value is -1.64. The summed E-state index contributed by atoms with van der Waals surface area (Å²) in [5.41, 5.74) is 0.229. The first-order chi connectivity index (χ1) is 13.3. The smallest absolute Gasteiger partial charge is 0.255 e. The lowest BCUT2D eigenvalue weighted by Gasteiger charge is -2.26.